The molecular formula is C18H13F2N3O2. The summed E-state index contributed by atoms with van der Waals surface area (Å²) < 4.78 is 30.0. The highest BCUT2D eigenvalue weighted by molar-refractivity contribution is 5.80. The van der Waals surface area contributed by atoms with Crippen LogP contribution in [0.5, 0.6) is 0 Å². The molecule has 2 aromatic heterocycles. The van der Waals surface area contributed by atoms with Gasteiger partial charge in [0, 0.05) is 11.6 Å². The van der Waals surface area contributed by atoms with E-state index in [1.807, 2.05) is 6.07 Å². The lowest BCUT2D eigenvalue weighted by atomic mass is 10.1. The summed E-state index contributed by atoms with van der Waals surface area (Å²) in [5.41, 5.74) is 0.785. The standard InChI is InChI=1S/C18H13F2N3O2/c19-11-5-6-12(14(20)7-11)16(24)9-22-17-8-21-10-23(17)15-4-2-1-3-13(15)18(22)25/h1-8,10,16,24H,9H2. The molecule has 4 aromatic rings. The number of imidazole rings is 1. The second-order valence-electron chi connectivity index (χ2n) is 5.74. The van der Waals surface area contributed by atoms with Gasteiger partial charge in [0.05, 0.1) is 29.7 Å². The molecule has 1 N–H and O–H groups in total. The van der Waals surface area contributed by atoms with Gasteiger partial charge >= 0.3 is 0 Å². The van der Waals surface area contributed by atoms with Crippen molar-refractivity contribution < 1.29 is 13.9 Å². The van der Waals surface area contributed by atoms with Gasteiger partial charge in [0.2, 0.25) is 0 Å². The molecule has 1 unspecified atom stereocenters. The summed E-state index contributed by atoms with van der Waals surface area (Å²) in [7, 11) is 0. The monoisotopic (exact) mass is 341 g/mol. The average molecular weight is 341 g/mol. The van der Waals surface area contributed by atoms with E-state index in [-0.39, 0.29) is 17.7 Å². The summed E-state index contributed by atoms with van der Waals surface area (Å²) in [4.78, 5) is 16.9. The Morgan fingerprint density at radius 1 is 1.16 bits per heavy atom. The summed E-state index contributed by atoms with van der Waals surface area (Å²) in [6.07, 6.45) is 1.76. The second-order valence-corrected chi connectivity index (χ2v) is 5.74. The van der Waals surface area contributed by atoms with E-state index in [1.54, 1.807) is 28.9 Å². The second kappa shape index (κ2) is 5.78. The van der Waals surface area contributed by atoms with E-state index in [2.05, 4.69) is 4.98 Å². The Kier molecular flexibility index (Phi) is 3.58. The first-order valence-electron chi connectivity index (χ1n) is 7.63. The van der Waals surface area contributed by atoms with Crippen molar-refractivity contribution >= 4 is 16.6 Å². The number of para-hydroxylation sites is 1. The van der Waals surface area contributed by atoms with Crippen LogP contribution in [-0.4, -0.2) is 19.1 Å². The van der Waals surface area contributed by atoms with E-state index < -0.39 is 17.7 Å². The summed E-state index contributed by atoms with van der Waals surface area (Å²) in [6.45, 7) is -0.179. The molecule has 4 rings (SSSR count). The van der Waals surface area contributed by atoms with Crippen LogP contribution in [0.1, 0.15) is 11.7 Å². The first kappa shape index (κ1) is 15.5. The summed E-state index contributed by atoms with van der Waals surface area (Å²) in [5, 5.41) is 10.8. The van der Waals surface area contributed by atoms with Crippen molar-refractivity contribution in [1.29, 1.82) is 0 Å². The normalized spacial score (nSPS) is 12.8. The lowest BCUT2D eigenvalue weighted by Crippen LogP contribution is -2.25. The summed E-state index contributed by atoms with van der Waals surface area (Å²) in [5.74, 6) is -1.58. The zero-order valence-electron chi connectivity index (χ0n) is 12.9. The third-order valence-corrected chi connectivity index (χ3v) is 4.21. The maximum Gasteiger partial charge on any atom is 0.261 e. The van der Waals surface area contributed by atoms with Gasteiger partial charge in [-0.05, 0) is 18.2 Å². The first-order chi connectivity index (χ1) is 12.1. The third kappa shape index (κ3) is 2.49. The van der Waals surface area contributed by atoms with Gasteiger partial charge in [0.15, 0.2) is 0 Å². The van der Waals surface area contributed by atoms with Crippen LogP contribution in [-0.2, 0) is 6.54 Å². The number of aliphatic hydroxyl groups excluding tert-OH is 1. The maximum atomic E-state index is 13.9. The highest BCUT2D eigenvalue weighted by Gasteiger charge is 2.18. The number of hydrogen-bond donors (Lipinski definition) is 1. The predicted molar refractivity (Wildman–Crippen MR) is 88.3 cm³/mol. The van der Waals surface area contributed by atoms with Crippen molar-refractivity contribution in [2.45, 2.75) is 12.6 Å². The van der Waals surface area contributed by atoms with Crippen molar-refractivity contribution in [2.24, 2.45) is 0 Å². The Labute approximate surface area is 140 Å². The van der Waals surface area contributed by atoms with Crippen molar-refractivity contribution in [3.8, 4) is 0 Å². The first-order valence-corrected chi connectivity index (χ1v) is 7.63. The van der Waals surface area contributed by atoms with Crippen molar-refractivity contribution in [1.82, 2.24) is 14.0 Å². The van der Waals surface area contributed by atoms with E-state index in [1.165, 1.54) is 16.8 Å². The molecule has 0 saturated carbocycles. The van der Waals surface area contributed by atoms with Gasteiger partial charge in [0.1, 0.15) is 23.6 Å². The fourth-order valence-electron chi connectivity index (χ4n) is 3.01. The fourth-order valence-corrected chi connectivity index (χ4v) is 3.01. The van der Waals surface area contributed by atoms with Gasteiger partial charge in [0.25, 0.3) is 5.56 Å². The molecule has 0 aliphatic carbocycles. The number of hydrogen-bond acceptors (Lipinski definition) is 3. The van der Waals surface area contributed by atoms with Crippen LogP contribution in [0.2, 0.25) is 0 Å². The van der Waals surface area contributed by atoms with E-state index >= 15 is 0 Å². The Morgan fingerprint density at radius 3 is 2.76 bits per heavy atom. The predicted octanol–water partition coefficient (Wildman–Crippen LogP) is 2.66. The van der Waals surface area contributed by atoms with E-state index in [9.17, 15) is 18.7 Å². The van der Waals surface area contributed by atoms with Crippen molar-refractivity contribution in [3.63, 3.8) is 0 Å². The summed E-state index contributed by atoms with van der Waals surface area (Å²) in [6, 6.07) is 9.98. The van der Waals surface area contributed by atoms with E-state index in [0.717, 1.165) is 6.07 Å². The zero-order valence-corrected chi connectivity index (χ0v) is 12.9. The lowest BCUT2D eigenvalue weighted by molar-refractivity contribution is 0.152. The number of aliphatic hydroxyl groups is 1. The van der Waals surface area contributed by atoms with Crippen LogP contribution in [0.25, 0.3) is 16.6 Å². The molecule has 1 atom stereocenters. The summed E-state index contributed by atoms with van der Waals surface area (Å²) >= 11 is 0. The van der Waals surface area contributed by atoms with Crippen molar-refractivity contribution in [3.05, 3.63) is 82.5 Å². The van der Waals surface area contributed by atoms with Crippen LogP contribution in [0, 0.1) is 11.6 Å². The van der Waals surface area contributed by atoms with Gasteiger partial charge in [-0.25, -0.2) is 13.8 Å². The molecule has 5 nitrogen and oxygen atoms in total. The molecular weight excluding hydrogens is 328 g/mol. The van der Waals surface area contributed by atoms with Crippen molar-refractivity contribution in [2.75, 3.05) is 0 Å². The Bertz CT molecular complexity index is 1150. The molecule has 0 amide bonds. The number of nitrogens with zero attached hydrogens (tertiary/aromatic N) is 3. The van der Waals surface area contributed by atoms with Gasteiger partial charge in [-0.2, -0.15) is 0 Å². The minimum Gasteiger partial charge on any atom is -0.386 e. The average Bonchev–Trinajstić information content (AvgIpc) is 3.08. The van der Waals surface area contributed by atoms with Crippen LogP contribution in [0.4, 0.5) is 8.78 Å². The minimum atomic E-state index is -1.31. The topological polar surface area (TPSA) is 59.5 Å². The molecule has 126 valence electrons. The van der Waals surface area contributed by atoms with Crippen LogP contribution >= 0.6 is 0 Å². The highest BCUT2D eigenvalue weighted by Crippen LogP contribution is 2.21. The van der Waals surface area contributed by atoms with Gasteiger partial charge < -0.3 is 5.11 Å². The molecule has 0 bridgehead atoms. The number of rotatable bonds is 3. The fraction of sp³-hybridized carbons (Fsp3) is 0.111. The van der Waals surface area contributed by atoms with Gasteiger partial charge in [-0.15, -0.1) is 0 Å². The van der Waals surface area contributed by atoms with Gasteiger partial charge in [-0.3, -0.25) is 13.8 Å². The molecule has 0 aliphatic rings. The molecule has 0 spiro atoms. The highest BCUT2D eigenvalue weighted by atomic mass is 19.1. The Morgan fingerprint density at radius 2 is 1.96 bits per heavy atom. The number of fused-ring (bicyclic) bond motifs is 3. The van der Waals surface area contributed by atoms with Crippen LogP contribution < -0.4 is 5.56 Å². The molecule has 0 aliphatic heterocycles. The Balaban J connectivity index is 1.87. The number of benzene rings is 2. The minimum absolute atomic E-state index is 0.0703. The van der Waals surface area contributed by atoms with E-state index in [0.29, 0.717) is 22.6 Å². The molecule has 2 heterocycles. The molecule has 0 radical (unpaired) electrons. The number of halogens is 2. The molecule has 25 heavy (non-hydrogen) atoms. The van der Waals surface area contributed by atoms with Gasteiger partial charge in [-0.1, -0.05) is 18.2 Å². The quantitative estimate of drug-likeness (QED) is 0.623. The lowest BCUT2D eigenvalue weighted by Gasteiger charge is -2.16. The SMILES string of the molecule is O=c1c2ccccc2n2cncc2n1CC(O)c1ccc(F)cc1F. The maximum absolute atomic E-state index is 13.9. The Hall–Kier alpha value is -3.06. The molecule has 0 fully saturated rings. The molecule has 7 heteroatoms. The molecule has 2 aromatic carbocycles. The molecule has 0 saturated heterocycles. The smallest absolute Gasteiger partial charge is 0.261 e. The number of aromatic nitrogens is 3. The largest absolute Gasteiger partial charge is 0.386 e. The van der Waals surface area contributed by atoms with E-state index in [4.69, 9.17) is 0 Å². The van der Waals surface area contributed by atoms with Crippen LogP contribution in [0.15, 0.2) is 59.8 Å². The van der Waals surface area contributed by atoms with Crippen LogP contribution in [0.3, 0.4) is 0 Å². The third-order valence-electron chi connectivity index (χ3n) is 4.21. The zero-order chi connectivity index (χ0) is 17.6.